The van der Waals surface area contributed by atoms with Crippen LogP contribution in [0.1, 0.15) is 95.9 Å². The van der Waals surface area contributed by atoms with Gasteiger partial charge in [-0.2, -0.15) is 0 Å². The molecule has 0 atom stereocenters. The van der Waals surface area contributed by atoms with E-state index in [1.807, 2.05) is 0 Å². The van der Waals surface area contributed by atoms with Crippen LogP contribution in [0.3, 0.4) is 0 Å². The molecule has 362 valence electrons. The second-order valence-electron chi connectivity index (χ2n) is 24.1. The number of aromatic nitrogens is 2. The molecule has 0 unspecified atom stereocenters. The first-order chi connectivity index (χ1) is 35.4. The average Bonchev–Trinajstić information content (AvgIpc) is 3.94. The van der Waals surface area contributed by atoms with Crippen molar-refractivity contribution in [1.82, 2.24) is 9.55 Å². The first-order valence-corrected chi connectivity index (χ1v) is 26.9. The van der Waals surface area contributed by atoms with Crippen LogP contribution in [0.15, 0.2) is 182 Å². The summed E-state index contributed by atoms with van der Waals surface area (Å²) in [5.74, 6) is 5.40. The Labute approximate surface area is 430 Å². The number of para-hydroxylation sites is 4. The van der Waals surface area contributed by atoms with Crippen LogP contribution < -0.4 is 14.5 Å². The fraction of sp³-hybridized carbons (Fsp3) is 0.279. The number of rotatable bonds is 7. The van der Waals surface area contributed by atoms with Gasteiger partial charge < -0.3 is 14.5 Å². The zero-order valence-electron chi connectivity index (χ0n) is 43.1. The SMILES string of the molecule is CC(C)(C)c1cccc(C(C)(C)C)c1N1CN(c2cccc(Oc3ccc4c5ccccc5n(-c5cc(C6(c7cccc8c7ccc7ccccc78)C7CC8CC(C7)CC6C8)ccn5)c4c3)c2)c2ccccc21. The van der Waals surface area contributed by atoms with Gasteiger partial charge in [-0.15, -0.1) is 0 Å². The monoisotopic (exact) mass is 953 g/mol. The third-order valence-electron chi connectivity index (χ3n) is 17.8. The Morgan fingerprint density at radius 3 is 1.86 bits per heavy atom. The summed E-state index contributed by atoms with van der Waals surface area (Å²) < 4.78 is 9.35. The molecule has 5 aliphatic rings. The normalized spacial score (nSPS) is 21.5. The Kier molecular flexibility index (Phi) is 9.91. The molecule has 0 N–H and O–H groups in total. The zero-order valence-corrected chi connectivity index (χ0v) is 43.1. The number of hydrogen-bond donors (Lipinski definition) is 0. The first-order valence-electron chi connectivity index (χ1n) is 26.9. The summed E-state index contributed by atoms with van der Waals surface area (Å²) in [5, 5.41) is 7.81. The lowest BCUT2D eigenvalue weighted by molar-refractivity contribution is -0.0412. The van der Waals surface area contributed by atoms with Crippen LogP contribution >= 0.6 is 0 Å². The van der Waals surface area contributed by atoms with Gasteiger partial charge in [0.2, 0.25) is 0 Å². The van der Waals surface area contributed by atoms with Gasteiger partial charge in [0, 0.05) is 40.2 Å². The lowest BCUT2D eigenvalue weighted by Gasteiger charge is -2.62. The van der Waals surface area contributed by atoms with E-state index in [1.54, 1.807) is 0 Å². The van der Waals surface area contributed by atoms with Crippen molar-refractivity contribution in [2.24, 2.45) is 23.7 Å². The lowest BCUT2D eigenvalue weighted by atomic mass is 9.42. The molecule has 2 aromatic heterocycles. The Bertz CT molecular complexity index is 3770. The standard InChI is InChI=1S/C68H64N4O/c1-66(2,3)58-23-15-24-59(67(4,5)6)65(58)71-42-70(61-26-11-12-27-62(61)71)49-17-13-18-50(40-49)73-51-29-31-56-55-20-9-10-25-60(55)72(63(56)41-51)64-39-46(32-33-69-64)68(47-35-43-34-44(37-47)38-48(68)36-43)57-22-14-21-53-52-19-8-7-16-45(52)28-30-54(53)57/h7-33,39-41,43-44,47-48H,34-38,42H2,1-6H3. The molecular weight excluding hydrogens is 889 g/mol. The summed E-state index contributed by atoms with van der Waals surface area (Å²) in [6, 6.07) is 65.5. The third kappa shape index (κ3) is 6.90. The number of nitrogens with zero attached hydrogens (tertiary/aromatic N) is 4. The van der Waals surface area contributed by atoms with Crippen LogP contribution in [-0.2, 0) is 16.2 Å². The topological polar surface area (TPSA) is 33.5 Å². The van der Waals surface area contributed by atoms with E-state index in [9.17, 15) is 0 Å². The van der Waals surface area contributed by atoms with Crippen molar-refractivity contribution in [3.05, 3.63) is 204 Å². The van der Waals surface area contributed by atoms with Crippen molar-refractivity contribution in [3.63, 3.8) is 0 Å². The van der Waals surface area contributed by atoms with Crippen molar-refractivity contribution >= 4 is 66.1 Å². The number of fused-ring (bicyclic) bond motifs is 7. The fourth-order valence-electron chi connectivity index (χ4n) is 15.0. The van der Waals surface area contributed by atoms with Gasteiger partial charge in [-0.3, -0.25) is 4.57 Å². The molecular formula is C68H64N4O. The molecule has 0 saturated heterocycles. The molecule has 3 heterocycles. The van der Waals surface area contributed by atoms with E-state index in [-0.39, 0.29) is 16.2 Å². The average molecular weight is 953 g/mol. The Morgan fingerprint density at radius 2 is 1.11 bits per heavy atom. The summed E-state index contributed by atoms with van der Waals surface area (Å²) in [5.41, 5.74) is 12.5. The van der Waals surface area contributed by atoms with Crippen molar-refractivity contribution in [3.8, 4) is 17.3 Å². The summed E-state index contributed by atoms with van der Waals surface area (Å²) >= 11 is 0. The van der Waals surface area contributed by atoms with Gasteiger partial charge in [-0.1, -0.05) is 151 Å². The molecule has 5 heteroatoms. The molecule has 1 aliphatic heterocycles. The van der Waals surface area contributed by atoms with Crippen LogP contribution in [-0.4, -0.2) is 16.2 Å². The molecule has 4 saturated carbocycles. The fourth-order valence-corrected chi connectivity index (χ4v) is 15.0. The predicted octanol–water partition coefficient (Wildman–Crippen LogP) is 17.9. The predicted molar refractivity (Wildman–Crippen MR) is 304 cm³/mol. The molecule has 5 nitrogen and oxygen atoms in total. The van der Waals surface area contributed by atoms with E-state index in [0.717, 1.165) is 45.9 Å². The molecule has 10 aromatic rings. The van der Waals surface area contributed by atoms with Crippen LogP contribution in [0.5, 0.6) is 11.5 Å². The van der Waals surface area contributed by atoms with Gasteiger partial charge in [0.05, 0.1) is 28.1 Å². The van der Waals surface area contributed by atoms with Gasteiger partial charge in [0.1, 0.15) is 24.0 Å². The maximum atomic E-state index is 6.96. The van der Waals surface area contributed by atoms with Gasteiger partial charge in [-0.05, 0) is 165 Å². The largest absolute Gasteiger partial charge is 0.457 e. The van der Waals surface area contributed by atoms with Crippen LogP contribution in [0, 0.1) is 23.7 Å². The minimum Gasteiger partial charge on any atom is -0.457 e. The van der Waals surface area contributed by atoms with E-state index in [2.05, 4.69) is 238 Å². The van der Waals surface area contributed by atoms with Crippen molar-refractivity contribution in [2.45, 2.75) is 89.9 Å². The summed E-state index contributed by atoms with van der Waals surface area (Å²) in [6.45, 7) is 14.7. The number of anilines is 4. The van der Waals surface area contributed by atoms with Crippen LogP contribution in [0.4, 0.5) is 22.7 Å². The molecule has 73 heavy (non-hydrogen) atoms. The van der Waals surface area contributed by atoms with E-state index >= 15 is 0 Å². The number of pyridine rings is 1. The Hall–Kier alpha value is -7.37. The maximum absolute atomic E-state index is 6.96. The molecule has 4 aliphatic carbocycles. The number of hydrogen-bond acceptors (Lipinski definition) is 4. The van der Waals surface area contributed by atoms with Crippen molar-refractivity contribution < 1.29 is 4.74 Å². The zero-order chi connectivity index (χ0) is 49.4. The minimum absolute atomic E-state index is 0.0389. The summed E-state index contributed by atoms with van der Waals surface area (Å²) in [6.07, 6.45) is 8.73. The highest BCUT2D eigenvalue weighted by molar-refractivity contribution is 6.10. The number of benzene rings is 8. The highest BCUT2D eigenvalue weighted by atomic mass is 16.5. The summed E-state index contributed by atoms with van der Waals surface area (Å²) in [4.78, 5) is 10.3. The Morgan fingerprint density at radius 1 is 0.493 bits per heavy atom. The molecule has 15 rings (SSSR count). The van der Waals surface area contributed by atoms with E-state index in [4.69, 9.17) is 9.72 Å². The smallest absolute Gasteiger partial charge is 0.137 e. The van der Waals surface area contributed by atoms with Gasteiger partial charge in [0.15, 0.2) is 0 Å². The Balaban J connectivity index is 0.858. The summed E-state index contributed by atoms with van der Waals surface area (Å²) in [7, 11) is 0. The second kappa shape index (κ2) is 16.3. The molecule has 0 amide bonds. The minimum atomic E-state index is -0.108. The first kappa shape index (κ1) is 44.3. The van der Waals surface area contributed by atoms with Gasteiger partial charge in [0.25, 0.3) is 0 Å². The molecule has 8 aromatic carbocycles. The van der Waals surface area contributed by atoms with E-state index in [0.29, 0.717) is 18.5 Å². The molecule has 4 fully saturated rings. The maximum Gasteiger partial charge on any atom is 0.137 e. The molecule has 4 bridgehead atoms. The van der Waals surface area contributed by atoms with Crippen LogP contribution in [0.25, 0.3) is 49.2 Å². The van der Waals surface area contributed by atoms with E-state index in [1.165, 1.54) is 104 Å². The highest BCUT2D eigenvalue weighted by Gasteiger charge is 2.59. The number of ether oxygens (including phenoxy) is 1. The van der Waals surface area contributed by atoms with Crippen molar-refractivity contribution in [2.75, 3.05) is 16.5 Å². The third-order valence-corrected chi connectivity index (χ3v) is 17.8. The molecule has 0 radical (unpaired) electrons. The van der Waals surface area contributed by atoms with Gasteiger partial charge in [-0.25, -0.2) is 4.98 Å². The second-order valence-corrected chi connectivity index (χ2v) is 24.1. The van der Waals surface area contributed by atoms with Gasteiger partial charge >= 0.3 is 0 Å². The highest BCUT2D eigenvalue weighted by Crippen LogP contribution is 2.66. The lowest BCUT2D eigenvalue weighted by Crippen LogP contribution is -2.56. The molecule has 0 spiro atoms. The van der Waals surface area contributed by atoms with Crippen LogP contribution in [0.2, 0.25) is 0 Å². The quantitative estimate of drug-likeness (QED) is 0.149. The van der Waals surface area contributed by atoms with E-state index < -0.39 is 0 Å². The van der Waals surface area contributed by atoms with Crippen molar-refractivity contribution in [1.29, 1.82) is 0 Å².